The molecule has 0 spiro atoms. The lowest BCUT2D eigenvalue weighted by atomic mass is 10.0. The quantitative estimate of drug-likeness (QED) is 0.424. The van der Waals surface area contributed by atoms with Crippen LogP contribution in [0.25, 0.3) is 22.0 Å². The summed E-state index contributed by atoms with van der Waals surface area (Å²) >= 11 is 1.49. The number of esters is 1. The van der Waals surface area contributed by atoms with Gasteiger partial charge in [-0.2, -0.15) is 5.10 Å². The van der Waals surface area contributed by atoms with Crippen LogP contribution in [0.1, 0.15) is 28.8 Å². The third-order valence-corrected chi connectivity index (χ3v) is 5.89. The van der Waals surface area contributed by atoms with E-state index in [0.29, 0.717) is 23.1 Å². The fraction of sp³-hybridized carbons (Fsp3) is 0.250. The molecule has 4 rings (SSSR count). The Labute approximate surface area is 184 Å². The van der Waals surface area contributed by atoms with Crippen LogP contribution in [0.2, 0.25) is 0 Å². The van der Waals surface area contributed by atoms with Crippen LogP contribution in [0.5, 0.6) is 0 Å². The first kappa shape index (κ1) is 20.9. The minimum absolute atomic E-state index is 0.0142. The molecule has 7 heteroatoms. The molecule has 0 unspecified atom stereocenters. The molecule has 2 aromatic heterocycles. The van der Waals surface area contributed by atoms with Crippen molar-refractivity contribution in [2.24, 2.45) is 0 Å². The lowest BCUT2D eigenvalue weighted by Crippen LogP contribution is -2.26. The zero-order valence-corrected chi connectivity index (χ0v) is 18.5. The van der Waals surface area contributed by atoms with Gasteiger partial charge in [0, 0.05) is 16.3 Å². The van der Waals surface area contributed by atoms with Crippen molar-refractivity contribution in [3.63, 3.8) is 0 Å². The zero-order valence-electron chi connectivity index (χ0n) is 17.7. The first-order valence-corrected chi connectivity index (χ1v) is 11.0. The number of hydrogen-bond donors (Lipinski definition) is 0. The van der Waals surface area contributed by atoms with Gasteiger partial charge in [-0.1, -0.05) is 42.0 Å². The molecule has 0 saturated heterocycles. The van der Waals surface area contributed by atoms with E-state index in [1.54, 1.807) is 13.0 Å². The van der Waals surface area contributed by atoms with E-state index >= 15 is 0 Å². The van der Waals surface area contributed by atoms with Gasteiger partial charge in [-0.05, 0) is 32.4 Å². The average molecular weight is 434 g/mol. The van der Waals surface area contributed by atoms with Crippen molar-refractivity contribution in [1.29, 1.82) is 0 Å². The van der Waals surface area contributed by atoms with E-state index in [4.69, 9.17) is 9.72 Å². The van der Waals surface area contributed by atoms with Gasteiger partial charge in [0.2, 0.25) is 0 Å². The van der Waals surface area contributed by atoms with E-state index in [9.17, 15) is 9.59 Å². The van der Waals surface area contributed by atoms with Crippen molar-refractivity contribution in [3.8, 4) is 11.3 Å². The van der Waals surface area contributed by atoms with E-state index < -0.39 is 0 Å². The normalized spacial score (nSPS) is 11.1. The van der Waals surface area contributed by atoms with Crippen molar-refractivity contribution < 1.29 is 9.53 Å². The third kappa shape index (κ3) is 4.41. The number of carbonyl (C=O) groups is 1. The van der Waals surface area contributed by atoms with Crippen molar-refractivity contribution in [3.05, 3.63) is 80.0 Å². The van der Waals surface area contributed by atoms with E-state index in [1.807, 2.05) is 23.6 Å². The molecule has 0 atom stereocenters. The summed E-state index contributed by atoms with van der Waals surface area (Å²) in [6.07, 6.45) is 0.0142. The molecule has 0 radical (unpaired) electrons. The molecule has 0 fully saturated rings. The van der Waals surface area contributed by atoms with Crippen molar-refractivity contribution >= 4 is 28.1 Å². The highest BCUT2D eigenvalue weighted by atomic mass is 32.1. The summed E-state index contributed by atoms with van der Waals surface area (Å²) in [6.45, 7) is 6.44. The van der Waals surface area contributed by atoms with Crippen molar-refractivity contribution in [2.75, 3.05) is 6.61 Å². The number of rotatable bonds is 6. The predicted molar refractivity (Wildman–Crippen MR) is 122 cm³/mol. The van der Waals surface area contributed by atoms with Crippen LogP contribution in [0.4, 0.5) is 0 Å². The Hall–Kier alpha value is -3.32. The topological polar surface area (TPSA) is 74.1 Å². The maximum absolute atomic E-state index is 13.0. The monoisotopic (exact) mass is 433 g/mol. The summed E-state index contributed by atoms with van der Waals surface area (Å²) in [4.78, 5) is 29.8. The Bertz CT molecular complexity index is 1320. The first-order chi connectivity index (χ1) is 15.0. The fourth-order valence-corrected chi connectivity index (χ4v) is 4.40. The Kier molecular flexibility index (Phi) is 5.95. The number of thiazole rings is 1. The molecule has 0 aliphatic carbocycles. The van der Waals surface area contributed by atoms with Crippen molar-refractivity contribution in [1.82, 2.24) is 14.8 Å². The van der Waals surface area contributed by atoms with Gasteiger partial charge in [-0.15, -0.1) is 11.3 Å². The fourth-order valence-electron chi connectivity index (χ4n) is 3.63. The average Bonchev–Trinajstić information content (AvgIpc) is 3.20. The summed E-state index contributed by atoms with van der Waals surface area (Å²) in [5.74, 6) is -0.364. The van der Waals surface area contributed by atoms with E-state index in [1.165, 1.54) is 21.6 Å². The molecule has 2 aromatic carbocycles. The van der Waals surface area contributed by atoms with Crippen LogP contribution in [-0.2, 0) is 22.5 Å². The number of benzene rings is 2. The molecule has 4 aromatic rings. The number of hydrogen-bond acceptors (Lipinski definition) is 6. The number of aromatic nitrogens is 3. The Morgan fingerprint density at radius 3 is 2.65 bits per heavy atom. The maximum atomic E-state index is 13.0. The lowest BCUT2D eigenvalue weighted by molar-refractivity contribution is -0.142. The SMILES string of the molecule is CCOC(=O)Cc1nn(Cc2nc(-c3ccc(C)cc3C)cs2)c(=O)c2ccccc12. The summed E-state index contributed by atoms with van der Waals surface area (Å²) < 4.78 is 6.47. The van der Waals surface area contributed by atoms with Crippen LogP contribution in [0, 0.1) is 13.8 Å². The molecule has 0 amide bonds. The molecule has 0 bridgehead atoms. The molecule has 0 saturated carbocycles. The lowest BCUT2D eigenvalue weighted by Gasteiger charge is -2.10. The minimum atomic E-state index is -0.364. The highest BCUT2D eigenvalue weighted by Gasteiger charge is 2.16. The number of fused-ring (bicyclic) bond motifs is 1. The molecule has 6 nitrogen and oxygen atoms in total. The molecule has 0 aliphatic rings. The smallest absolute Gasteiger partial charge is 0.311 e. The molecule has 158 valence electrons. The van der Waals surface area contributed by atoms with Crippen LogP contribution in [-0.4, -0.2) is 27.3 Å². The summed E-state index contributed by atoms with van der Waals surface area (Å²) in [5.41, 5.74) is 4.66. The van der Waals surface area contributed by atoms with Gasteiger partial charge in [0.25, 0.3) is 5.56 Å². The van der Waals surface area contributed by atoms with Gasteiger partial charge in [0.1, 0.15) is 5.01 Å². The number of nitrogens with zero attached hydrogens (tertiary/aromatic N) is 3. The second-order valence-corrected chi connectivity index (χ2v) is 8.32. The second-order valence-electron chi connectivity index (χ2n) is 7.38. The molecule has 31 heavy (non-hydrogen) atoms. The van der Waals surface area contributed by atoms with E-state index in [0.717, 1.165) is 21.8 Å². The van der Waals surface area contributed by atoms with Gasteiger partial charge in [-0.3, -0.25) is 9.59 Å². The molecule has 2 heterocycles. The van der Waals surface area contributed by atoms with E-state index in [2.05, 4.69) is 37.1 Å². The molecule has 0 aliphatic heterocycles. The maximum Gasteiger partial charge on any atom is 0.311 e. The predicted octanol–water partition coefficient (Wildman–Crippen LogP) is 4.29. The van der Waals surface area contributed by atoms with Crippen LogP contribution >= 0.6 is 11.3 Å². The number of carbonyl (C=O) groups excluding carboxylic acids is 1. The minimum Gasteiger partial charge on any atom is -0.466 e. The zero-order chi connectivity index (χ0) is 22.0. The van der Waals surface area contributed by atoms with Crippen LogP contribution < -0.4 is 5.56 Å². The standard InChI is InChI=1S/C24H23N3O3S/c1-4-30-23(28)12-20-18-7-5-6-8-19(18)24(29)27(26-20)13-22-25-21(14-31-22)17-10-9-15(2)11-16(17)3/h5-11,14H,4,12-13H2,1-3H3. The van der Waals surface area contributed by atoms with Gasteiger partial charge < -0.3 is 4.74 Å². The van der Waals surface area contributed by atoms with Gasteiger partial charge >= 0.3 is 5.97 Å². The molecule has 0 N–H and O–H groups in total. The van der Waals surface area contributed by atoms with Crippen molar-refractivity contribution in [2.45, 2.75) is 33.7 Å². The van der Waals surface area contributed by atoms with Crippen LogP contribution in [0.3, 0.4) is 0 Å². The highest BCUT2D eigenvalue weighted by molar-refractivity contribution is 7.09. The third-order valence-electron chi connectivity index (χ3n) is 5.06. The highest BCUT2D eigenvalue weighted by Crippen LogP contribution is 2.26. The van der Waals surface area contributed by atoms with Gasteiger partial charge in [-0.25, -0.2) is 9.67 Å². The Balaban J connectivity index is 1.70. The largest absolute Gasteiger partial charge is 0.466 e. The molecular weight excluding hydrogens is 410 g/mol. The first-order valence-electron chi connectivity index (χ1n) is 10.1. The summed E-state index contributed by atoms with van der Waals surface area (Å²) in [7, 11) is 0. The second kappa shape index (κ2) is 8.81. The Morgan fingerprint density at radius 2 is 1.90 bits per heavy atom. The van der Waals surface area contributed by atoms with E-state index in [-0.39, 0.29) is 24.5 Å². The summed E-state index contributed by atoms with van der Waals surface area (Å²) in [5, 5.41) is 8.48. The number of ether oxygens (including phenoxy) is 1. The van der Waals surface area contributed by atoms with Crippen LogP contribution in [0.15, 0.2) is 52.6 Å². The summed E-state index contributed by atoms with van der Waals surface area (Å²) in [6, 6.07) is 13.5. The Morgan fingerprint density at radius 1 is 1.13 bits per heavy atom. The number of aryl methyl sites for hydroxylation is 2. The molecular formula is C24H23N3O3S. The van der Waals surface area contributed by atoms with Gasteiger partial charge in [0.05, 0.1) is 36.3 Å². The van der Waals surface area contributed by atoms with Gasteiger partial charge in [0.15, 0.2) is 0 Å².